The Kier molecular flexibility index (Phi) is 4.32. The molecule has 0 spiro atoms. The molecule has 0 bridgehead atoms. The number of benzene rings is 1. The Morgan fingerprint density at radius 1 is 1.29 bits per heavy atom. The monoisotopic (exact) mass is 257 g/mol. The van der Waals surface area contributed by atoms with Crippen molar-refractivity contribution in [3.63, 3.8) is 0 Å². The molecule has 94 valence electrons. The lowest BCUT2D eigenvalue weighted by molar-refractivity contribution is 0.426. The van der Waals surface area contributed by atoms with Crippen molar-refractivity contribution in [3.8, 4) is 0 Å². The Balaban J connectivity index is 3.39. The molecule has 0 amide bonds. The number of hydrogen-bond donors (Lipinski definition) is 4. The molecule has 1 aromatic carbocycles. The molecule has 5 nitrogen and oxygen atoms in total. The van der Waals surface area contributed by atoms with Crippen LogP contribution in [-0.2, 0) is 16.7 Å². The summed E-state index contributed by atoms with van der Waals surface area (Å²) in [5.74, 6) is 0. The minimum absolute atomic E-state index is 0.180. The lowest BCUT2D eigenvalue weighted by atomic mass is 9.74. The SMILES string of the molecule is CC(C)(C)c1cccc(B(O)O)c1NS(=O)O. The van der Waals surface area contributed by atoms with Crippen LogP contribution < -0.4 is 10.2 Å². The van der Waals surface area contributed by atoms with Gasteiger partial charge in [0.05, 0.1) is 5.69 Å². The van der Waals surface area contributed by atoms with E-state index in [9.17, 15) is 14.3 Å². The summed E-state index contributed by atoms with van der Waals surface area (Å²) in [5, 5.41) is 18.5. The van der Waals surface area contributed by atoms with Crippen LogP contribution in [0.4, 0.5) is 5.69 Å². The highest BCUT2D eigenvalue weighted by molar-refractivity contribution is 7.80. The zero-order chi connectivity index (χ0) is 13.2. The summed E-state index contributed by atoms with van der Waals surface area (Å²) in [6, 6.07) is 4.96. The minimum atomic E-state index is -2.26. The summed E-state index contributed by atoms with van der Waals surface area (Å²) in [6.07, 6.45) is 0. The van der Waals surface area contributed by atoms with Crippen LogP contribution in [0.25, 0.3) is 0 Å². The normalized spacial score (nSPS) is 13.3. The van der Waals surface area contributed by atoms with E-state index in [0.717, 1.165) is 5.56 Å². The largest absolute Gasteiger partial charge is 0.490 e. The van der Waals surface area contributed by atoms with E-state index in [1.54, 1.807) is 12.1 Å². The molecule has 1 rings (SSSR count). The minimum Gasteiger partial charge on any atom is -0.423 e. The van der Waals surface area contributed by atoms with Gasteiger partial charge in [0.25, 0.3) is 11.3 Å². The third-order valence-corrected chi connectivity index (χ3v) is 2.75. The molecule has 1 unspecified atom stereocenters. The first-order valence-corrected chi connectivity index (χ1v) is 6.21. The second-order valence-corrected chi connectivity index (χ2v) is 5.45. The third kappa shape index (κ3) is 3.54. The molecule has 4 N–H and O–H groups in total. The molecule has 0 aliphatic heterocycles. The fraction of sp³-hybridized carbons (Fsp3) is 0.400. The van der Waals surface area contributed by atoms with Gasteiger partial charge in [0, 0.05) is 5.46 Å². The van der Waals surface area contributed by atoms with Crippen molar-refractivity contribution in [2.45, 2.75) is 26.2 Å². The molecule has 0 aliphatic carbocycles. The number of nitrogens with one attached hydrogen (secondary N) is 1. The van der Waals surface area contributed by atoms with E-state index in [2.05, 4.69) is 4.72 Å². The quantitative estimate of drug-likeness (QED) is 0.460. The Hall–Kier alpha value is -0.885. The fourth-order valence-corrected chi connectivity index (χ4v) is 2.01. The average molecular weight is 257 g/mol. The summed E-state index contributed by atoms with van der Waals surface area (Å²) in [6.45, 7) is 5.80. The summed E-state index contributed by atoms with van der Waals surface area (Å²) >= 11 is -2.26. The van der Waals surface area contributed by atoms with Gasteiger partial charge in [-0.05, 0) is 11.0 Å². The summed E-state index contributed by atoms with van der Waals surface area (Å²) in [7, 11) is -1.69. The van der Waals surface area contributed by atoms with Crippen LogP contribution in [0.5, 0.6) is 0 Å². The molecular weight excluding hydrogens is 241 g/mol. The van der Waals surface area contributed by atoms with Crippen LogP contribution in [0.2, 0.25) is 0 Å². The summed E-state index contributed by atoms with van der Waals surface area (Å²) in [5.41, 5.74) is 0.924. The van der Waals surface area contributed by atoms with E-state index >= 15 is 0 Å². The van der Waals surface area contributed by atoms with Crippen LogP contribution in [0.3, 0.4) is 0 Å². The predicted octanol–water partition coefficient (Wildman–Crippen LogP) is 0.213. The third-order valence-electron chi connectivity index (χ3n) is 2.37. The van der Waals surface area contributed by atoms with Gasteiger partial charge in [-0.25, -0.2) is 4.21 Å². The van der Waals surface area contributed by atoms with Crippen molar-refractivity contribution < 1.29 is 18.8 Å². The number of anilines is 1. The lowest BCUT2D eigenvalue weighted by Gasteiger charge is -2.24. The molecular formula is C10H16BNO4S. The smallest absolute Gasteiger partial charge is 0.423 e. The van der Waals surface area contributed by atoms with E-state index in [4.69, 9.17) is 4.55 Å². The summed E-state index contributed by atoms with van der Waals surface area (Å²) < 4.78 is 22.1. The molecule has 17 heavy (non-hydrogen) atoms. The van der Waals surface area contributed by atoms with Gasteiger partial charge in [0.2, 0.25) is 0 Å². The Labute approximate surface area is 103 Å². The molecule has 0 saturated heterocycles. The van der Waals surface area contributed by atoms with Gasteiger partial charge in [0.1, 0.15) is 0 Å². The molecule has 0 radical (unpaired) electrons. The van der Waals surface area contributed by atoms with Gasteiger partial charge >= 0.3 is 7.12 Å². The number of para-hydroxylation sites is 1. The first-order chi connectivity index (χ1) is 7.73. The topological polar surface area (TPSA) is 89.8 Å². The Morgan fingerprint density at radius 3 is 2.29 bits per heavy atom. The van der Waals surface area contributed by atoms with Crippen LogP contribution in [0.1, 0.15) is 26.3 Å². The molecule has 1 atom stereocenters. The van der Waals surface area contributed by atoms with Gasteiger partial charge in [0.15, 0.2) is 0 Å². The highest BCUT2D eigenvalue weighted by Crippen LogP contribution is 2.28. The molecule has 1 aromatic rings. The summed E-state index contributed by atoms with van der Waals surface area (Å²) in [4.78, 5) is 0. The first kappa shape index (κ1) is 14.2. The van der Waals surface area contributed by atoms with E-state index in [-0.39, 0.29) is 16.6 Å². The van der Waals surface area contributed by atoms with E-state index in [0.29, 0.717) is 0 Å². The van der Waals surface area contributed by atoms with E-state index in [1.165, 1.54) is 6.07 Å². The van der Waals surface area contributed by atoms with Crippen molar-refractivity contribution in [2.75, 3.05) is 4.72 Å². The average Bonchev–Trinajstić information content (AvgIpc) is 2.14. The molecule has 0 saturated carbocycles. The van der Waals surface area contributed by atoms with Gasteiger partial charge in [-0.3, -0.25) is 9.27 Å². The zero-order valence-corrected chi connectivity index (χ0v) is 10.8. The van der Waals surface area contributed by atoms with Crippen LogP contribution in [0.15, 0.2) is 18.2 Å². The second kappa shape index (κ2) is 5.18. The van der Waals surface area contributed by atoms with Gasteiger partial charge in [-0.2, -0.15) is 0 Å². The zero-order valence-electron chi connectivity index (χ0n) is 9.97. The standard InChI is InChI=1S/C10H16BNO4S/c1-10(2,3)7-5-4-6-8(11(13)14)9(7)12-17(15)16/h4-6,12-14H,1-3H3,(H,15,16). The van der Waals surface area contributed by atoms with Crippen LogP contribution >= 0.6 is 0 Å². The molecule has 0 aromatic heterocycles. The highest BCUT2D eigenvalue weighted by atomic mass is 32.2. The second-order valence-electron chi connectivity index (χ2n) is 4.74. The van der Waals surface area contributed by atoms with Crippen molar-refractivity contribution >= 4 is 29.5 Å². The molecule has 7 heteroatoms. The van der Waals surface area contributed by atoms with E-state index < -0.39 is 18.4 Å². The van der Waals surface area contributed by atoms with Gasteiger partial charge in [-0.15, -0.1) is 0 Å². The maximum atomic E-state index is 10.9. The first-order valence-electron chi connectivity index (χ1n) is 5.10. The lowest BCUT2D eigenvalue weighted by Crippen LogP contribution is -2.35. The fourth-order valence-electron chi connectivity index (χ4n) is 1.61. The number of hydrogen-bond acceptors (Lipinski definition) is 3. The Morgan fingerprint density at radius 2 is 1.88 bits per heavy atom. The molecule has 0 heterocycles. The Bertz CT molecular complexity index is 431. The number of rotatable bonds is 3. The van der Waals surface area contributed by atoms with Crippen LogP contribution in [-0.4, -0.2) is 25.9 Å². The van der Waals surface area contributed by atoms with Crippen molar-refractivity contribution in [2.24, 2.45) is 0 Å². The van der Waals surface area contributed by atoms with Crippen molar-refractivity contribution in [1.29, 1.82) is 0 Å². The van der Waals surface area contributed by atoms with E-state index in [1.807, 2.05) is 20.8 Å². The van der Waals surface area contributed by atoms with Gasteiger partial charge < -0.3 is 10.0 Å². The van der Waals surface area contributed by atoms with Crippen molar-refractivity contribution in [3.05, 3.63) is 23.8 Å². The highest BCUT2D eigenvalue weighted by Gasteiger charge is 2.25. The van der Waals surface area contributed by atoms with Gasteiger partial charge in [-0.1, -0.05) is 39.0 Å². The van der Waals surface area contributed by atoms with Crippen molar-refractivity contribution in [1.82, 2.24) is 0 Å². The maximum absolute atomic E-state index is 10.9. The van der Waals surface area contributed by atoms with Crippen LogP contribution in [0, 0.1) is 0 Å². The maximum Gasteiger partial charge on any atom is 0.490 e. The predicted molar refractivity (Wildman–Crippen MR) is 69.4 cm³/mol. The molecule has 0 aliphatic rings. The molecule has 0 fully saturated rings.